The molecule has 0 saturated heterocycles. The zero-order valence-electron chi connectivity index (χ0n) is 10.1. The van der Waals surface area contributed by atoms with Crippen LogP contribution in [-0.2, 0) is 0 Å². The molecule has 0 aliphatic heterocycles. The molecule has 2 nitrogen and oxygen atoms in total. The Balaban J connectivity index is 3.10. The maximum atomic E-state index is 13.7. The SMILES string of the molecule is CCC(C)(C)C(=O)c1ccc(OC)cc1F. The molecule has 0 fully saturated rings. The van der Waals surface area contributed by atoms with Crippen LogP contribution in [0.4, 0.5) is 4.39 Å². The van der Waals surface area contributed by atoms with Gasteiger partial charge in [0.25, 0.3) is 0 Å². The third-order valence-electron chi connectivity index (χ3n) is 2.92. The molecular formula is C13H17FO2. The Morgan fingerprint density at radius 2 is 2.06 bits per heavy atom. The molecule has 0 atom stereocenters. The van der Waals surface area contributed by atoms with Gasteiger partial charge in [-0.2, -0.15) is 0 Å². The van der Waals surface area contributed by atoms with E-state index in [4.69, 9.17) is 4.74 Å². The molecule has 0 amide bonds. The summed E-state index contributed by atoms with van der Waals surface area (Å²) < 4.78 is 18.5. The first-order valence-electron chi connectivity index (χ1n) is 5.30. The Bertz CT molecular complexity index is 397. The highest BCUT2D eigenvalue weighted by molar-refractivity contribution is 6.00. The molecular weight excluding hydrogens is 207 g/mol. The first-order chi connectivity index (χ1) is 7.42. The van der Waals surface area contributed by atoms with Crippen molar-refractivity contribution in [1.29, 1.82) is 0 Å². The van der Waals surface area contributed by atoms with Crippen LogP contribution in [-0.4, -0.2) is 12.9 Å². The molecule has 0 radical (unpaired) electrons. The van der Waals surface area contributed by atoms with E-state index in [0.717, 1.165) is 0 Å². The van der Waals surface area contributed by atoms with E-state index in [9.17, 15) is 9.18 Å². The highest BCUT2D eigenvalue weighted by atomic mass is 19.1. The van der Waals surface area contributed by atoms with E-state index in [-0.39, 0.29) is 11.3 Å². The van der Waals surface area contributed by atoms with Gasteiger partial charge in [0.15, 0.2) is 5.78 Å². The number of methoxy groups -OCH3 is 1. The zero-order chi connectivity index (χ0) is 12.3. The van der Waals surface area contributed by atoms with Gasteiger partial charge in [0.1, 0.15) is 11.6 Å². The lowest BCUT2D eigenvalue weighted by Gasteiger charge is -2.21. The lowest BCUT2D eigenvalue weighted by molar-refractivity contribution is 0.0828. The molecule has 0 saturated carbocycles. The van der Waals surface area contributed by atoms with Crippen LogP contribution >= 0.6 is 0 Å². The van der Waals surface area contributed by atoms with E-state index in [1.807, 2.05) is 20.8 Å². The molecule has 3 heteroatoms. The van der Waals surface area contributed by atoms with Gasteiger partial charge in [-0.25, -0.2) is 4.39 Å². The second-order valence-electron chi connectivity index (χ2n) is 4.41. The highest BCUT2D eigenvalue weighted by Crippen LogP contribution is 2.28. The van der Waals surface area contributed by atoms with Crippen LogP contribution in [0.5, 0.6) is 5.75 Å². The van der Waals surface area contributed by atoms with E-state index in [2.05, 4.69) is 0 Å². The molecule has 0 aliphatic carbocycles. The van der Waals surface area contributed by atoms with E-state index >= 15 is 0 Å². The standard InChI is InChI=1S/C13H17FO2/c1-5-13(2,3)12(15)10-7-6-9(16-4)8-11(10)14/h6-8H,5H2,1-4H3. The van der Waals surface area contributed by atoms with Gasteiger partial charge >= 0.3 is 0 Å². The molecule has 0 N–H and O–H groups in total. The monoisotopic (exact) mass is 224 g/mol. The van der Waals surface area contributed by atoms with Crippen molar-refractivity contribution in [2.75, 3.05) is 7.11 Å². The van der Waals surface area contributed by atoms with Crippen LogP contribution in [0.1, 0.15) is 37.6 Å². The topological polar surface area (TPSA) is 26.3 Å². The van der Waals surface area contributed by atoms with E-state index in [1.54, 1.807) is 6.07 Å². The van der Waals surface area contributed by atoms with Crippen LogP contribution in [0.2, 0.25) is 0 Å². The summed E-state index contributed by atoms with van der Waals surface area (Å²) in [6, 6.07) is 4.31. The molecule has 1 aromatic rings. The Morgan fingerprint density at radius 1 is 1.44 bits per heavy atom. The molecule has 0 unspecified atom stereocenters. The Morgan fingerprint density at radius 3 is 2.50 bits per heavy atom. The van der Waals surface area contributed by atoms with Crippen molar-refractivity contribution in [3.05, 3.63) is 29.6 Å². The third-order valence-corrected chi connectivity index (χ3v) is 2.92. The Hall–Kier alpha value is -1.38. The predicted molar refractivity (Wildman–Crippen MR) is 61.4 cm³/mol. The molecule has 16 heavy (non-hydrogen) atoms. The summed E-state index contributed by atoms with van der Waals surface area (Å²) in [5.74, 6) is -0.274. The van der Waals surface area contributed by atoms with Crippen molar-refractivity contribution in [3.8, 4) is 5.75 Å². The molecule has 88 valence electrons. The fraction of sp³-hybridized carbons (Fsp3) is 0.462. The largest absolute Gasteiger partial charge is 0.497 e. The minimum absolute atomic E-state index is 0.132. The number of carbonyl (C=O) groups excluding carboxylic acids is 1. The van der Waals surface area contributed by atoms with Gasteiger partial charge in [-0.15, -0.1) is 0 Å². The Labute approximate surface area is 95.4 Å². The number of ketones is 1. The number of ether oxygens (including phenoxy) is 1. The Kier molecular flexibility index (Phi) is 3.68. The number of hydrogen-bond acceptors (Lipinski definition) is 2. The van der Waals surface area contributed by atoms with Gasteiger partial charge in [-0.1, -0.05) is 20.8 Å². The maximum Gasteiger partial charge on any atom is 0.171 e. The molecule has 0 heterocycles. The minimum atomic E-state index is -0.532. The van der Waals surface area contributed by atoms with E-state index < -0.39 is 11.2 Å². The first kappa shape index (κ1) is 12.7. The van der Waals surface area contributed by atoms with Crippen LogP contribution in [0.25, 0.3) is 0 Å². The average molecular weight is 224 g/mol. The maximum absolute atomic E-state index is 13.7. The fourth-order valence-corrected chi connectivity index (χ4v) is 1.33. The van der Waals surface area contributed by atoms with E-state index in [0.29, 0.717) is 12.2 Å². The van der Waals surface area contributed by atoms with Crippen molar-refractivity contribution in [1.82, 2.24) is 0 Å². The highest BCUT2D eigenvalue weighted by Gasteiger charge is 2.28. The summed E-state index contributed by atoms with van der Waals surface area (Å²) in [5.41, 5.74) is -0.400. The third kappa shape index (κ3) is 2.40. The quantitative estimate of drug-likeness (QED) is 0.732. The summed E-state index contributed by atoms with van der Waals surface area (Å²) >= 11 is 0. The van der Waals surface area contributed by atoms with Gasteiger partial charge in [0.2, 0.25) is 0 Å². The molecule has 0 spiro atoms. The predicted octanol–water partition coefficient (Wildman–Crippen LogP) is 3.45. The van der Waals surface area contributed by atoms with Crippen molar-refractivity contribution >= 4 is 5.78 Å². The number of carbonyl (C=O) groups is 1. The van der Waals surface area contributed by atoms with Gasteiger partial charge in [-0.05, 0) is 18.6 Å². The number of hydrogen-bond donors (Lipinski definition) is 0. The molecule has 0 bridgehead atoms. The average Bonchev–Trinajstić information content (AvgIpc) is 2.28. The summed E-state index contributed by atoms with van der Waals surface area (Å²) in [4.78, 5) is 12.0. The van der Waals surface area contributed by atoms with Gasteiger partial charge in [0.05, 0.1) is 12.7 Å². The smallest absolute Gasteiger partial charge is 0.171 e. The number of rotatable bonds is 4. The molecule has 0 aliphatic rings. The number of benzene rings is 1. The normalized spacial score (nSPS) is 11.3. The van der Waals surface area contributed by atoms with Crippen LogP contribution in [0.15, 0.2) is 18.2 Å². The first-order valence-corrected chi connectivity index (χ1v) is 5.30. The molecule has 1 aromatic carbocycles. The lowest BCUT2D eigenvalue weighted by atomic mass is 9.82. The number of Topliss-reactive ketones (excluding diaryl/α,β-unsaturated/α-hetero) is 1. The summed E-state index contributed by atoms with van der Waals surface area (Å²) in [7, 11) is 1.46. The molecule has 1 rings (SSSR count). The van der Waals surface area contributed by atoms with Crippen LogP contribution < -0.4 is 4.74 Å². The zero-order valence-corrected chi connectivity index (χ0v) is 10.1. The number of halogens is 1. The van der Waals surface area contributed by atoms with Gasteiger partial charge in [-0.3, -0.25) is 4.79 Å². The van der Waals surface area contributed by atoms with Crippen LogP contribution in [0, 0.1) is 11.2 Å². The minimum Gasteiger partial charge on any atom is -0.497 e. The van der Waals surface area contributed by atoms with Crippen molar-refractivity contribution in [2.45, 2.75) is 27.2 Å². The summed E-state index contributed by atoms with van der Waals surface area (Å²) in [6.45, 7) is 5.55. The second-order valence-corrected chi connectivity index (χ2v) is 4.41. The summed E-state index contributed by atoms with van der Waals surface area (Å²) in [6.07, 6.45) is 0.678. The van der Waals surface area contributed by atoms with Crippen molar-refractivity contribution < 1.29 is 13.9 Å². The van der Waals surface area contributed by atoms with E-state index in [1.165, 1.54) is 19.2 Å². The van der Waals surface area contributed by atoms with Crippen molar-refractivity contribution in [2.24, 2.45) is 5.41 Å². The summed E-state index contributed by atoms with van der Waals surface area (Å²) in [5, 5.41) is 0. The van der Waals surface area contributed by atoms with Crippen LogP contribution in [0.3, 0.4) is 0 Å². The molecule has 0 aromatic heterocycles. The van der Waals surface area contributed by atoms with Gasteiger partial charge < -0.3 is 4.74 Å². The lowest BCUT2D eigenvalue weighted by Crippen LogP contribution is -2.24. The fourth-order valence-electron chi connectivity index (χ4n) is 1.33. The van der Waals surface area contributed by atoms with Crippen molar-refractivity contribution in [3.63, 3.8) is 0 Å². The second kappa shape index (κ2) is 4.64. The van der Waals surface area contributed by atoms with Gasteiger partial charge in [0, 0.05) is 11.5 Å².